The van der Waals surface area contributed by atoms with Crippen LogP contribution in [-0.2, 0) is 16.1 Å². The van der Waals surface area contributed by atoms with Crippen LogP contribution in [0.2, 0.25) is 0 Å². The molecule has 0 spiro atoms. The Morgan fingerprint density at radius 3 is 2.56 bits per heavy atom. The Hall–Kier alpha value is -3.10. The number of benzene rings is 1. The van der Waals surface area contributed by atoms with Gasteiger partial charge in [-0.2, -0.15) is 5.10 Å². The molecule has 2 aromatic rings. The molecule has 0 saturated heterocycles. The Bertz CT molecular complexity index is 908. The Labute approximate surface area is 155 Å². The van der Waals surface area contributed by atoms with Gasteiger partial charge in [0.15, 0.2) is 11.5 Å². The number of rotatable bonds is 8. The average molecular weight is 377 g/mol. The molecule has 0 aliphatic carbocycles. The molecular formula is C18H23N3O6. The zero-order valence-electron chi connectivity index (χ0n) is 15.7. The number of nitrogens with zero attached hydrogens (tertiary/aromatic N) is 2. The Morgan fingerprint density at radius 1 is 1.30 bits per heavy atom. The molecule has 2 rings (SSSR count). The van der Waals surface area contributed by atoms with Crippen molar-refractivity contribution in [1.29, 1.82) is 0 Å². The van der Waals surface area contributed by atoms with E-state index in [-0.39, 0.29) is 17.1 Å². The van der Waals surface area contributed by atoms with Gasteiger partial charge in [-0.05, 0) is 18.1 Å². The number of hydrogen-bond donors (Lipinski definition) is 2. The van der Waals surface area contributed by atoms with Crippen molar-refractivity contribution in [2.45, 2.75) is 32.9 Å². The third-order valence-electron chi connectivity index (χ3n) is 4.45. The molecule has 0 bridgehead atoms. The lowest BCUT2D eigenvalue weighted by Crippen LogP contribution is -2.47. The standard InChI is InChI=1S/C18H23N3O6/c1-5-10(2)15(18(24)25)20-13(22)9-21-17(23)14-11(8-19-21)6-7-12(26-3)16(14)27-4/h6-8,10,15H,5,9H2,1-4H3,(H,20,22)(H,24,25)/t10-,15-/m0/s1. The number of ether oxygens (including phenoxy) is 2. The summed E-state index contributed by atoms with van der Waals surface area (Å²) < 4.78 is 11.5. The lowest BCUT2D eigenvalue weighted by atomic mass is 9.99. The third-order valence-corrected chi connectivity index (χ3v) is 4.45. The number of carboxylic acid groups (broad SMARTS) is 1. The van der Waals surface area contributed by atoms with Gasteiger partial charge in [-0.3, -0.25) is 9.59 Å². The van der Waals surface area contributed by atoms with Crippen LogP contribution in [0.3, 0.4) is 0 Å². The van der Waals surface area contributed by atoms with Gasteiger partial charge in [0.05, 0.1) is 25.8 Å². The molecule has 1 amide bonds. The van der Waals surface area contributed by atoms with E-state index in [9.17, 15) is 19.5 Å². The van der Waals surface area contributed by atoms with Gasteiger partial charge in [0.1, 0.15) is 12.6 Å². The molecule has 1 aromatic heterocycles. The monoisotopic (exact) mass is 377 g/mol. The van der Waals surface area contributed by atoms with E-state index in [1.54, 1.807) is 19.1 Å². The SMILES string of the molecule is CC[C@H](C)[C@H](NC(=O)Cn1ncc2ccc(OC)c(OC)c2c1=O)C(=O)O. The molecule has 0 saturated carbocycles. The average Bonchev–Trinajstić information content (AvgIpc) is 2.66. The van der Waals surface area contributed by atoms with E-state index in [0.29, 0.717) is 17.6 Å². The largest absolute Gasteiger partial charge is 0.493 e. The van der Waals surface area contributed by atoms with Crippen LogP contribution in [0.1, 0.15) is 20.3 Å². The first-order chi connectivity index (χ1) is 12.8. The van der Waals surface area contributed by atoms with Crippen LogP contribution in [-0.4, -0.2) is 47.0 Å². The molecule has 0 fully saturated rings. The van der Waals surface area contributed by atoms with Gasteiger partial charge in [0, 0.05) is 5.39 Å². The van der Waals surface area contributed by atoms with E-state index in [0.717, 1.165) is 4.68 Å². The minimum Gasteiger partial charge on any atom is -0.493 e. The summed E-state index contributed by atoms with van der Waals surface area (Å²) in [6, 6.07) is 2.29. The Kier molecular flexibility index (Phi) is 6.38. The minimum atomic E-state index is -1.12. The highest BCUT2D eigenvalue weighted by atomic mass is 16.5. The molecule has 0 aliphatic rings. The highest BCUT2D eigenvalue weighted by Crippen LogP contribution is 2.32. The Morgan fingerprint density at radius 2 is 2.00 bits per heavy atom. The molecule has 1 heterocycles. The van der Waals surface area contributed by atoms with E-state index in [1.807, 2.05) is 6.92 Å². The van der Waals surface area contributed by atoms with Crippen LogP contribution in [0.5, 0.6) is 11.5 Å². The molecule has 9 heteroatoms. The number of carbonyl (C=O) groups excluding carboxylic acids is 1. The van der Waals surface area contributed by atoms with E-state index in [4.69, 9.17) is 9.47 Å². The fourth-order valence-corrected chi connectivity index (χ4v) is 2.73. The maximum Gasteiger partial charge on any atom is 0.326 e. The van der Waals surface area contributed by atoms with Crippen molar-refractivity contribution < 1.29 is 24.2 Å². The molecule has 1 aromatic carbocycles. The van der Waals surface area contributed by atoms with Crippen LogP contribution in [0, 0.1) is 5.92 Å². The summed E-state index contributed by atoms with van der Waals surface area (Å²) in [6.07, 6.45) is 2.03. The second-order valence-corrected chi connectivity index (χ2v) is 6.14. The first-order valence-electron chi connectivity index (χ1n) is 8.47. The number of amides is 1. The molecular weight excluding hydrogens is 354 g/mol. The number of fused-ring (bicyclic) bond motifs is 1. The maximum atomic E-state index is 12.8. The summed E-state index contributed by atoms with van der Waals surface area (Å²) in [5.74, 6) is -1.36. The highest BCUT2D eigenvalue weighted by Gasteiger charge is 2.25. The molecule has 0 aliphatic heterocycles. The molecule has 9 nitrogen and oxygen atoms in total. The van der Waals surface area contributed by atoms with Crippen molar-refractivity contribution >= 4 is 22.6 Å². The summed E-state index contributed by atoms with van der Waals surface area (Å²) in [7, 11) is 2.87. The van der Waals surface area contributed by atoms with Gasteiger partial charge < -0.3 is 19.9 Å². The van der Waals surface area contributed by atoms with Crippen LogP contribution in [0.4, 0.5) is 0 Å². The van der Waals surface area contributed by atoms with Gasteiger partial charge in [0.2, 0.25) is 5.91 Å². The summed E-state index contributed by atoms with van der Waals surface area (Å²) in [5.41, 5.74) is -0.534. The summed E-state index contributed by atoms with van der Waals surface area (Å²) in [6.45, 7) is 3.16. The summed E-state index contributed by atoms with van der Waals surface area (Å²) >= 11 is 0. The van der Waals surface area contributed by atoms with Gasteiger partial charge in [0.25, 0.3) is 5.56 Å². The van der Waals surface area contributed by atoms with Crippen LogP contribution >= 0.6 is 0 Å². The zero-order valence-corrected chi connectivity index (χ0v) is 15.7. The fraction of sp³-hybridized carbons (Fsp3) is 0.444. The first kappa shape index (κ1) is 20.2. The van der Waals surface area contributed by atoms with Gasteiger partial charge >= 0.3 is 5.97 Å². The predicted molar refractivity (Wildman–Crippen MR) is 98.1 cm³/mol. The molecule has 2 atom stereocenters. The number of carbonyl (C=O) groups is 2. The van der Waals surface area contributed by atoms with E-state index >= 15 is 0 Å². The van der Waals surface area contributed by atoms with Crippen LogP contribution in [0.15, 0.2) is 23.1 Å². The van der Waals surface area contributed by atoms with Crippen LogP contribution in [0.25, 0.3) is 10.8 Å². The smallest absolute Gasteiger partial charge is 0.326 e. The summed E-state index contributed by atoms with van der Waals surface area (Å²) in [4.78, 5) is 36.4. The topological polar surface area (TPSA) is 120 Å². The minimum absolute atomic E-state index is 0.233. The lowest BCUT2D eigenvalue weighted by molar-refractivity contribution is -0.143. The van der Waals surface area contributed by atoms with Crippen molar-refractivity contribution in [1.82, 2.24) is 15.1 Å². The molecule has 146 valence electrons. The van der Waals surface area contributed by atoms with Crippen molar-refractivity contribution in [2.75, 3.05) is 14.2 Å². The van der Waals surface area contributed by atoms with E-state index < -0.39 is 30.0 Å². The second kappa shape index (κ2) is 8.52. The number of nitrogens with one attached hydrogen (secondary N) is 1. The number of aromatic nitrogens is 2. The van der Waals surface area contributed by atoms with Gasteiger partial charge in [-0.1, -0.05) is 20.3 Å². The van der Waals surface area contributed by atoms with E-state index in [1.165, 1.54) is 20.4 Å². The van der Waals surface area contributed by atoms with E-state index in [2.05, 4.69) is 10.4 Å². The molecule has 2 N–H and O–H groups in total. The third kappa shape index (κ3) is 4.18. The molecule has 27 heavy (non-hydrogen) atoms. The van der Waals surface area contributed by atoms with Crippen molar-refractivity contribution in [3.63, 3.8) is 0 Å². The number of aliphatic carboxylic acids is 1. The van der Waals surface area contributed by atoms with Crippen LogP contribution < -0.4 is 20.3 Å². The molecule has 0 radical (unpaired) electrons. The predicted octanol–water partition coefficient (Wildman–Crippen LogP) is 1.03. The fourth-order valence-electron chi connectivity index (χ4n) is 2.73. The van der Waals surface area contributed by atoms with Gasteiger partial charge in [-0.25, -0.2) is 9.48 Å². The normalized spacial score (nSPS) is 13.0. The Balaban J connectivity index is 2.36. The van der Waals surface area contributed by atoms with Gasteiger partial charge in [-0.15, -0.1) is 0 Å². The maximum absolute atomic E-state index is 12.8. The highest BCUT2D eigenvalue weighted by molar-refractivity contribution is 5.89. The van der Waals surface area contributed by atoms with Crippen molar-refractivity contribution in [2.24, 2.45) is 5.92 Å². The quantitative estimate of drug-likeness (QED) is 0.705. The first-order valence-corrected chi connectivity index (χ1v) is 8.47. The van der Waals surface area contributed by atoms with Crippen molar-refractivity contribution in [3.8, 4) is 11.5 Å². The summed E-state index contributed by atoms with van der Waals surface area (Å²) in [5, 5.41) is 16.5. The second-order valence-electron chi connectivity index (χ2n) is 6.14. The zero-order chi connectivity index (χ0) is 20.1. The number of methoxy groups -OCH3 is 2. The van der Waals surface area contributed by atoms with Crippen molar-refractivity contribution in [3.05, 3.63) is 28.7 Å². The number of carboxylic acids is 1. The number of hydrogen-bond acceptors (Lipinski definition) is 6. The molecule has 0 unspecified atom stereocenters. The lowest BCUT2D eigenvalue weighted by Gasteiger charge is -2.20.